The second kappa shape index (κ2) is 4.42. The summed E-state index contributed by atoms with van der Waals surface area (Å²) >= 11 is 0. The molecule has 0 saturated carbocycles. The van der Waals surface area contributed by atoms with Crippen molar-refractivity contribution in [3.05, 3.63) is 11.8 Å². The van der Waals surface area contributed by atoms with Crippen LogP contribution in [0, 0.1) is 0 Å². The van der Waals surface area contributed by atoms with E-state index in [1.165, 1.54) is 6.07 Å². The van der Waals surface area contributed by atoms with E-state index in [0.29, 0.717) is 0 Å². The highest BCUT2D eigenvalue weighted by molar-refractivity contribution is 5.93. The number of anilines is 1. The van der Waals surface area contributed by atoms with Crippen LogP contribution in [0.15, 0.2) is 6.07 Å². The van der Waals surface area contributed by atoms with Gasteiger partial charge in [-0.3, -0.25) is 14.7 Å². The Hall–Kier alpha value is -2.09. The third-order valence-electron chi connectivity index (χ3n) is 1.63. The van der Waals surface area contributed by atoms with Crippen molar-refractivity contribution < 1.29 is 14.7 Å². The Balaban J connectivity index is 2.47. The molecule has 8 heteroatoms. The van der Waals surface area contributed by atoms with Crippen molar-refractivity contribution >= 4 is 17.6 Å². The minimum Gasteiger partial charge on any atom is -0.382 e. The molecule has 0 aliphatic rings. The summed E-state index contributed by atoms with van der Waals surface area (Å²) in [6, 6.07) is 1.33. The fourth-order valence-corrected chi connectivity index (χ4v) is 0.839. The number of nitrogens with zero attached hydrogens (tertiary/aromatic N) is 1. The molecule has 0 aliphatic carbocycles. The first-order valence-corrected chi connectivity index (χ1v) is 4.07. The molecule has 7 N–H and O–H groups in total. The molecule has 15 heavy (non-hydrogen) atoms. The van der Waals surface area contributed by atoms with E-state index in [1.54, 1.807) is 0 Å². The molecule has 0 aliphatic heterocycles. The number of amides is 2. The van der Waals surface area contributed by atoms with Gasteiger partial charge in [0.2, 0.25) is 5.91 Å². The zero-order chi connectivity index (χ0) is 11.4. The van der Waals surface area contributed by atoms with E-state index in [0.717, 1.165) is 0 Å². The second-order valence-corrected chi connectivity index (χ2v) is 2.83. The molecule has 0 saturated heterocycles. The molecule has 0 spiro atoms. The highest BCUT2D eigenvalue weighted by atomic mass is 16.3. The topological polar surface area (TPSA) is 147 Å². The molecule has 1 atom stereocenters. The van der Waals surface area contributed by atoms with Gasteiger partial charge < -0.3 is 21.9 Å². The molecular formula is C7H11N5O3. The first-order valence-electron chi connectivity index (χ1n) is 4.07. The van der Waals surface area contributed by atoms with Crippen LogP contribution in [-0.4, -0.2) is 39.8 Å². The first-order chi connectivity index (χ1) is 7.00. The molecule has 1 aromatic heterocycles. The molecule has 1 heterocycles. The smallest absolute Gasteiger partial charge is 0.269 e. The number of hydrogen-bond acceptors (Lipinski definition) is 5. The maximum atomic E-state index is 11.3. The van der Waals surface area contributed by atoms with Crippen LogP contribution in [0.1, 0.15) is 10.5 Å². The predicted molar refractivity (Wildman–Crippen MR) is 50.5 cm³/mol. The number of aliphatic hydroxyl groups excluding tert-OH is 1. The zero-order valence-corrected chi connectivity index (χ0v) is 7.73. The minimum absolute atomic E-state index is 0.143. The monoisotopic (exact) mass is 213 g/mol. The lowest BCUT2D eigenvalue weighted by Crippen LogP contribution is -2.40. The molecule has 2 amide bonds. The van der Waals surface area contributed by atoms with E-state index < -0.39 is 17.9 Å². The number of rotatable bonds is 4. The van der Waals surface area contributed by atoms with Gasteiger partial charge in [0.1, 0.15) is 17.6 Å². The van der Waals surface area contributed by atoms with Crippen molar-refractivity contribution in [2.45, 2.75) is 6.10 Å². The standard InChI is InChI=1S/C7H11N5O3/c8-5-1-3(11-12-5)7(15)10-2-4(13)6(9)14/h1,4,13H,2H2,(H2,9,14)(H,10,15)(H3,8,11,12). The van der Waals surface area contributed by atoms with Crippen LogP contribution in [0.5, 0.6) is 0 Å². The fraction of sp³-hybridized carbons (Fsp3) is 0.286. The molecular weight excluding hydrogens is 202 g/mol. The maximum Gasteiger partial charge on any atom is 0.269 e. The van der Waals surface area contributed by atoms with E-state index >= 15 is 0 Å². The lowest BCUT2D eigenvalue weighted by Gasteiger charge is -2.06. The quantitative estimate of drug-likeness (QED) is 0.377. The third kappa shape index (κ3) is 2.95. The molecule has 0 radical (unpaired) electrons. The van der Waals surface area contributed by atoms with Crippen LogP contribution >= 0.6 is 0 Å². The van der Waals surface area contributed by atoms with Gasteiger partial charge in [-0.2, -0.15) is 5.10 Å². The van der Waals surface area contributed by atoms with E-state index in [1.807, 2.05) is 0 Å². The van der Waals surface area contributed by atoms with Gasteiger partial charge in [0.25, 0.3) is 5.91 Å². The van der Waals surface area contributed by atoms with Gasteiger partial charge in [-0.25, -0.2) is 0 Å². The molecule has 0 bridgehead atoms. The van der Waals surface area contributed by atoms with Crippen LogP contribution in [0.3, 0.4) is 0 Å². The lowest BCUT2D eigenvalue weighted by molar-refractivity contribution is -0.125. The van der Waals surface area contributed by atoms with Gasteiger partial charge in [0.05, 0.1) is 6.54 Å². The number of nitrogen functional groups attached to an aromatic ring is 1. The lowest BCUT2D eigenvalue weighted by atomic mass is 10.3. The fourth-order valence-electron chi connectivity index (χ4n) is 0.839. The zero-order valence-electron chi connectivity index (χ0n) is 7.73. The normalized spacial score (nSPS) is 12.1. The Morgan fingerprint density at radius 3 is 2.80 bits per heavy atom. The third-order valence-corrected chi connectivity index (χ3v) is 1.63. The molecule has 1 unspecified atom stereocenters. The van der Waals surface area contributed by atoms with Crippen LogP contribution < -0.4 is 16.8 Å². The Morgan fingerprint density at radius 2 is 2.33 bits per heavy atom. The average Bonchev–Trinajstić information content (AvgIpc) is 2.60. The summed E-state index contributed by atoms with van der Waals surface area (Å²) < 4.78 is 0. The number of H-pyrrole nitrogens is 1. The van der Waals surface area contributed by atoms with E-state index in [4.69, 9.17) is 16.6 Å². The van der Waals surface area contributed by atoms with Gasteiger partial charge in [-0.05, 0) is 0 Å². The number of aromatic amines is 1. The van der Waals surface area contributed by atoms with Crippen molar-refractivity contribution in [2.75, 3.05) is 12.3 Å². The summed E-state index contributed by atoms with van der Waals surface area (Å²) in [4.78, 5) is 21.7. The van der Waals surface area contributed by atoms with Gasteiger partial charge >= 0.3 is 0 Å². The van der Waals surface area contributed by atoms with Crippen LogP contribution in [0.2, 0.25) is 0 Å². The Morgan fingerprint density at radius 1 is 1.67 bits per heavy atom. The Kier molecular flexibility index (Phi) is 3.24. The molecule has 1 aromatic rings. The number of aromatic nitrogens is 2. The van der Waals surface area contributed by atoms with Crippen molar-refractivity contribution in [3.8, 4) is 0 Å². The molecule has 0 fully saturated rings. The number of hydrogen-bond donors (Lipinski definition) is 5. The SMILES string of the molecule is NC(=O)C(O)CNC(=O)c1cc(N)n[nH]1. The largest absolute Gasteiger partial charge is 0.382 e. The van der Waals surface area contributed by atoms with Crippen molar-refractivity contribution in [3.63, 3.8) is 0 Å². The summed E-state index contributed by atoms with van der Waals surface area (Å²) in [5.41, 5.74) is 10.2. The van der Waals surface area contributed by atoms with Crippen LogP contribution in [0.4, 0.5) is 5.82 Å². The highest BCUT2D eigenvalue weighted by Crippen LogP contribution is 1.99. The van der Waals surface area contributed by atoms with E-state index in [9.17, 15) is 9.59 Å². The van der Waals surface area contributed by atoms with E-state index in [-0.39, 0.29) is 18.1 Å². The average molecular weight is 213 g/mol. The van der Waals surface area contributed by atoms with Crippen molar-refractivity contribution in [2.24, 2.45) is 5.73 Å². The minimum atomic E-state index is -1.41. The highest BCUT2D eigenvalue weighted by Gasteiger charge is 2.14. The maximum absolute atomic E-state index is 11.3. The molecule has 1 rings (SSSR count). The van der Waals surface area contributed by atoms with Crippen LogP contribution in [-0.2, 0) is 4.79 Å². The van der Waals surface area contributed by atoms with Gasteiger partial charge in [0.15, 0.2) is 0 Å². The first kappa shape index (κ1) is 11.0. The number of carbonyl (C=O) groups excluding carboxylic acids is 2. The van der Waals surface area contributed by atoms with Crippen LogP contribution in [0.25, 0.3) is 0 Å². The number of aliphatic hydroxyl groups is 1. The predicted octanol–water partition coefficient (Wildman–Crippen LogP) is -2.43. The number of primary amides is 1. The number of carbonyl (C=O) groups is 2. The summed E-state index contributed by atoms with van der Waals surface area (Å²) in [5.74, 6) is -1.26. The summed E-state index contributed by atoms with van der Waals surface area (Å²) in [7, 11) is 0. The van der Waals surface area contributed by atoms with Gasteiger partial charge in [0, 0.05) is 6.07 Å². The number of nitrogens with one attached hydrogen (secondary N) is 2. The second-order valence-electron chi connectivity index (χ2n) is 2.83. The summed E-state index contributed by atoms with van der Waals surface area (Å²) in [6.07, 6.45) is -1.41. The summed E-state index contributed by atoms with van der Waals surface area (Å²) in [6.45, 7) is -0.257. The Bertz CT molecular complexity index is 374. The van der Waals surface area contributed by atoms with E-state index in [2.05, 4.69) is 15.5 Å². The van der Waals surface area contributed by atoms with Crippen molar-refractivity contribution in [1.82, 2.24) is 15.5 Å². The number of nitrogens with two attached hydrogens (primary N) is 2. The summed E-state index contributed by atoms with van der Waals surface area (Å²) in [5, 5.41) is 17.2. The van der Waals surface area contributed by atoms with Crippen molar-refractivity contribution in [1.29, 1.82) is 0 Å². The van der Waals surface area contributed by atoms with Gasteiger partial charge in [-0.15, -0.1) is 0 Å². The van der Waals surface area contributed by atoms with Gasteiger partial charge in [-0.1, -0.05) is 0 Å². The Labute approximate surface area is 84.6 Å². The molecule has 8 nitrogen and oxygen atoms in total. The molecule has 0 aromatic carbocycles. The molecule has 82 valence electrons.